The molecule has 0 saturated heterocycles. The Hall–Kier alpha value is -0.890. The minimum Gasteiger partial charge on any atom is -0.449 e. The van der Waals surface area contributed by atoms with Crippen molar-refractivity contribution < 1.29 is 28.8 Å². The van der Waals surface area contributed by atoms with E-state index in [-0.39, 0.29) is 24.4 Å². The van der Waals surface area contributed by atoms with Gasteiger partial charge in [-0.3, -0.25) is 0 Å². The number of methoxy groups -OCH3 is 1. The van der Waals surface area contributed by atoms with Gasteiger partial charge in [-0.05, 0) is 40.5 Å². The van der Waals surface area contributed by atoms with Crippen molar-refractivity contribution in [1.82, 2.24) is 5.32 Å². The molecule has 0 aliphatic rings. The highest BCUT2D eigenvalue weighted by molar-refractivity contribution is 5.66. The van der Waals surface area contributed by atoms with Crippen LogP contribution >= 0.6 is 0 Å². The zero-order chi connectivity index (χ0) is 18.5. The first kappa shape index (κ1) is 23.1. The molecule has 0 heterocycles. The van der Waals surface area contributed by atoms with E-state index >= 15 is 0 Å². The number of carbonyl (C=O) groups excluding carboxylic acids is 1. The van der Waals surface area contributed by atoms with Gasteiger partial charge >= 0.3 is 6.09 Å². The molecule has 0 aromatic carbocycles. The predicted octanol–water partition coefficient (Wildman–Crippen LogP) is 2.11. The van der Waals surface area contributed by atoms with Crippen LogP contribution in [0.4, 0.5) is 4.79 Å². The van der Waals surface area contributed by atoms with Crippen LogP contribution < -0.4 is 5.32 Å². The molecule has 144 valence electrons. The van der Waals surface area contributed by atoms with E-state index in [2.05, 4.69) is 5.32 Å². The summed E-state index contributed by atoms with van der Waals surface area (Å²) in [7, 11) is 1.66. The van der Waals surface area contributed by atoms with Crippen LogP contribution in [0.3, 0.4) is 0 Å². The maximum atomic E-state index is 11.3. The lowest BCUT2D eigenvalue weighted by molar-refractivity contribution is -0.0934. The standard InChI is InChI=1S/C17H35NO6/c1-16(2,8-13-24-17(3,4)14-21-5)23-12-6-9-18-15(20)22-11-7-10-19/h19H,6-14H2,1-5H3,(H,18,20). The summed E-state index contributed by atoms with van der Waals surface area (Å²) in [6.07, 6.45) is 1.47. The van der Waals surface area contributed by atoms with Gasteiger partial charge in [-0.1, -0.05) is 0 Å². The molecule has 0 radical (unpaired) electrons. The second-order valence-corrected chi connectivity index (χ2v) is 6.89. The summed E-state index contributed by atoms with van der Waals surface area (Å²) < 4.78 is 21.6. The molecule has 1 amide bonds. The van der Waals surface area contributed by atoms with Crippen molar-refractivity contribution in [1.29, 1.82) is 0 Å². The van der Waals surface area contributed by atoms with E-state index in [0.29, 0.717) is 39.2 Å². The van der Waals surface area contributed by atoms with E-state index in [1.54, 1.807) is 7.11 Å². The Morgan fingerprint density at radius 3 is 2.29 bits per heavy atom. The molecular formula is C17H35NO6. The SMILES string of the molecule is COCC(C)(C)OCCC(C)(C)OCCCNC(=O)OCCCO. The lowest BCUT2D eigenvalue weighted by Crippen LogP contribution is -2.34. The molecule has 0 aromatic heterocycles. The Labute approximate surface area is 146 Å². The molecule has 0 aliphatic heterocycles. The van der Waals surface area contributed by atoms with Crippen molar-refractivity contribution in [3.05, 3.63) is 0 Å². The Kier molecular flexibility index (Phi) is 12.0. The van der Waals surface area contributed by atoms with Crippen LogP contribution in [0.15, 0.2) is 0 Å². The summed E-state index contributed by atoms with van der Waals surface area (Å²) in [6, 6.07) is 0. The molecule has 2 N–H and O–H groups in total. The monoisotopic (exact) mass is 349 g/mol. The normalized spacial score (nSPS) is 12.2. The van der Waals surface area contributed by atoms with E-state index < -0.39 is 6.09 Å². The molecule has 0 aliphatic carbocycles. The van der Waals surface area contributed by atoms with E-state index in [9.17, 15) is 4.79 Å². The van der Waals surface area contributed by atoms with Crippen LogP contribution in [0.25, 0.3) is 0 Å². The summed E-state index contributed by atoms with van der Waals surface area (Å²) >= 11 is 0. The topological polar surface area (TPSA) is 86.2 Å². The van der Waals surface area contributed by atoms with E-state index in [1.807, 2.05) is 27.7 Å². The number of aliphatic hydroxyl groups is 1. The molecule has 0 rings (SSSR count). The highest BCUT2D eigenvalue weighted by atomic mass is 16.6. The third-order valence-electron chi connectivity index (χ3n) is 3.31. The predicted molar refractivity (Wildman–Crippen MR) is 92.2 cm³/mol. The van der Waals surface area contributed by atoms with Gasteiger partial charge in [0, 0.05) is 33.3 Å². The average molecular weight is 349 g/mol. The average Bonchev–Trinajstić information content (AvgIpc) is 2.46. The van der Waals surface area contributed by atoms with Gasteiger partial charge in [0.05, 0.1) is 31.0 Å². The van der Waals surface area contributed by atoms with Crippen LogP contribution in [-0.2, 0) is 18.9 Å². The first-order chi connectivity index (χ1) is 11.2. The molecular weight excluding hydrogens is 314 g/mol. The van der Waals surface area contributed by atoms with Gasteiger partial charge in [0.1, 0.15) is 0 Å². The van der Waals surface area contributed by atoms with Crippen LogP contribution in [0.5, 0.6) is 0 Å². The molecule has 7 heteroatoms. The van der Waals surface area contributed by atoms with Gasteiger partial charge in [0.2, 0.25) is 0 Å². The zero-order valence-electron chi connectivity index (χ0n) is 15.9. The van der Waals surface area contributed by atoms with Crippen LogP contribution in [-0.4, -0.2) is 69.1 Å². The van der Waals surface area contributed by atoms with Gasteiger partial charge in [-0.25, -0.2) is 4.79 Å². The molecule has 0 atom stereocenters. The highest BCUT2D eigenvalue weighted by Gasteiger charge is 2.22. The van der Waals surface area contributed by atoms with Crippen molar-refractivity contribution in [2.24, 2.45) is 0 Å². The maximum absolute atomic E-state index is 11.3. The molecule has 0 spiro atoms. The fourth-order valence-corrected chi connectivity index (χ4v) is 1.93. The van der Waals surface area contributed by atoms with Crippen molar-refractivity contribution in [2.75, 3.05) is 46.7 Å². The van der Waals surface area contributed by atoms with Crippen molar-refractivity contribution >= 4 is 6.09 Å². The molecule has 0 bridgehead atoms. The van der Waals surface area contributed by atoms with Crippen molar-refractivity contribution in [2.45, 2.75) is 58.2 Å². The molecule has 24 heavy (non-hydrogen) atoms. The second-order valence-electron chi connectivity index (χ2n) is 6.89. The number of carbonyl (C=O) groups is 1. The Morgan fingerprint density at radius 1 is 1.00 bits per heavy atom. The second kappa shape index (κ2) is 12.5. The van der Waals surface area contributed by atoms with E-state index in [1.165, 1.54) is 0 Å². The van der Waals surface area contributed by atoms with Crippen LogP contribution in [0.1, 0.15) is 47.0 Å². The number of aliphatic hydroxyl groups excluding tert-OH is 1. The van der Waals surface area contributed by atoms with Gasteiger partial charge in [-0.15, -0.1) is 0 Å². The molecule has 0 aromatic rings. The third kappa shape index (κ3) is 13.5. The van der Waals surface area contributed by atoms with E-state index in [0.717, 1.165) is 6.42 Å². The number of amides is 1. The fourth-order valence-electron chi connectivity index (χ4n) is 1.93. The van der Waals surface area contributed by atoms with Crippen LogP contribution in [0, 0.1) is 0 Å². The quantitative estimate of drug-likeness (QED) is 0.467. The summed E-state index contributed by atoms with van der Waals surface area (Å²) in [5, 5.41) is 11.2. The van der Waals surface area contributed by atoms with Gasteiger partial charge < -0.3 is 29.4 Å². The maximum Gasteiger partial charge on any atom is 0.407 e. The highest BCUT2D eigenvalue weighted by Crippen LogP contribution is 2.17. The third-order valence-corrected chi connectivity index (χ3v) is 3.31. The van der Waals surface area contributed by atoms with Crippen LogP contribution in [0.2, 0.25) is 0 Å². The molecule has 0 fully saturated rings. The Balaban J connectivity index is 3.72. The van der Waals surface area contributed by atoms with Gasteiger partial charge in [-0.2, -0.15) is 0 Å². The van der Waals surface area contributed by atoms with Gasteiger partial charge in [0.25, 0.3) is 0 Å². The number of hydrogen-bond acceptors (Lipinski definition) is 6. The van der Waals surface area contributed by atoms with E-state index in [4.69, 9.17) is 24.1 Å². The minimum absolute atomic E-state index is 0.0164. The van der Waals surface area contributed by atoms with Crippen molar-refractivity contribution in [3.8, 4) is 0 Å². The smallest absolute Gasteiger partial charge is 0.407 e. The summed E-state index contributed by atoms with van der Waals surface area (Å²) in [5.41, 5.74) is -0.587. The molecule has 0 saturated carbocycles. The lowest BCUT2D eigenvalue weighted by Gasteiger charge is -2.29. The number of alkyl carbamates (subject to hydrolysis) is 1. The fraction of sp³-hybridized carbons (Fsp3) is 0.941. The summed E-state index contributed by atoms with van der Waals surface area (Å²) in [5.74, 6) is 0. The number of nitrogens with one attached hydrogen (secondary N) is 1. The number of ether oxygens (including phenoxy) is 4. The number of rotatable bonds is 14. The Bertz CT molecular complexity index is 333. The first-order valence-corrected chi connectivity index (χ1v) is 8.51. The summed E-state index contributed by atoms with van der Waals surface area (Å²) in [4.78, 5) is 11.3. The zero-order valence-corrected chi connectivity index (χ0v) is 15.9. The largest absolute Gasteiger partial charge is 0.449 e. The number of hydrogen-bond donors (Lipinski definition) is 2. The summed E-state index contributed by atoms with van der Waals surface area (Å²) in [6.45, 7) is 10.5. The van der Waals surface area contributed by atoms with Gasteiger partial charge in [0.15, 0.2) is 0 Å². The van der Waals surface area contributed by atoms with Crippen molar-refractivity contribution in [3.63, 3.8) is 0 Å². The lowest BCUT2D eigenvalue weighted by atomic mass is 10.1. The molecule has 7 nitrogen and oxygen atoms in total. The Morgan fingerprint density at radius 2 is 1.67 bits per heavy atom. The minimum atomic E-state index is -0.462. The molecule has 0 unspecified atom stereocenters. The first-order valence-electron chi connectivity index (χ1n) is 8.51.